The standard InChI is InChI=1S/2C7H15O.2C4F9.Sn/c2*1-2-3-4-5-6-7-8;2*5-1(6)2(7,8)3(9,10)4(11,12)13;/h2*2-7H2,1H3;;;/q2*-1;;;+2. The van der Waals surface area contributed by atoms with Crippen LogP contribution in [0.1, 0.15) is 78.1 Å². The fourth-order valence-electron chi connectivity index (χ4n) is 3.61. The summed E-state index contributed by atoms with van der Waals surface area (Å²) in [6.45, 7) is -0.469. The number of unbranched alkanes of at least 4 members (excludes halogenated alkanes) is 8. The van der Waals surface area contributed by atoms with Crippen molar-refractivity contribution < 1.29 is 85.2 Å². The van der Waals surface area contributed by atoms with Gasteiger partial charge < -0.3 is 0 Å². The van der Waals surface area contributed by atoms with Gasteiger partial charge in [-0.05, 0) is 0 Å². The van der Waals surface area contributed by atoms with Crippen molar-refractivity contribution in [2.75, 3.05) is 13.2 Å². The molecule has 0 fully saturated rings. The third-order valence-corrected chi connectivity index (χ3v) is 16.2. The van der Waals surface area contributed by atoms with Gasteiger partial charge in [-0.1, -0.05) is 0 Å². The molecule has 2 nitrogen and oxygen atoms in total. The molecule has 0 aliphatic heterocycles. The molecule has 0 rings (SSSR count). The van der Waals surface area contributed by atoms with Gasteiger partial charge in [-0.25, -0.2) is 0 Å². The average Bonchev–Trinajstić information content (AvgIpc) is 2.84. The molecule has 21 heteroatoms. The Morgan fingerprint density at radius 1 is 0.372 bits per heavy atom. The van der Waals surface area contributed by atoms with E-state index in [-0.39, 0.29) is 25.7 Å². The molecule has 260 valence electrons. The summed E-state index contributed by atoms with van der Waals surface area (Å²) in [5.41, 5.74) is 0. The molecule has 0 atom stereocenters. The Kier molecular flexibility index (Phi) is 14.7. The normalized spacial score (nSPS) is 15.3. The molecule has 0 aliphatic rings. The van der Waals surface area contributed by atoms with Crippen molar-refractivity contribution in [1.29, 1.82) is 0 Å². The number of alkyl halides is 18. The minimum atomic E-state index is -10.3. The van der Waals surface area contributed by atoms with Crippen LogP contribution in [-0.4, -0.2) is 76.3 Å². The van der Waals surface area contributed by atoms with E-state index in [2.05, 4.69) is 6.15 Å². The SMILES string of the molecule is CCCCCCC[O][Sn]([O]CCCCCCC)([C](F)(F)C(F)(F)C(F)(F)C(F)(F)F)[C](F)(F)C(F)(F)C(F)(F)C(F)(F)F. The van der Waals surface area contributed by atoms with Crippen LogP contribution in [0.2, 0.25) is 0 Å². The molecule has 0 saturated carbocycles. The Labute approximate surface area is 239 Å². The van der Waals surface area contributed by atoms with Gasteiger partial charge in [0.2, 0.25) is 0 Å². The zero-order valence-corrected chi connectivity index (χ0v) is 25.5. The molecule has 0 saturated heterocycles. The van der Waals surface area contributed by atoms with Gasteiger partial charge in [0.15, 0.2) is 0 Å². The molecule has 0 bridgehead atoms. The van der Waals surface area contributed by atoms with Gasteiger partial charge in [-0.2, -0.15) is 0 Å². The van der Waals surface area contributed by atoms with Crippen LogP contribution in [0.15, 0.2) is 0 Å². The van der Waals surface area contributed by atoms with E-state index < -0.39 is 89.2 Å². The first-order chi connectivity index (χ1) is 19.1. The Morgan fingerprint density at radius 2 is 0.628 bits per heavy atom. The summed E-state index contributed by atoms with van der Waals surface area (Å²) >= 11 is -10.3. The molecular weight excluding hydrogens is 757 g/mol. The molecule has 0 aromatic heterocycles. The topological polar surface area (TPSA) is 18.5 Å². The average molecular weight is 787 g/mol. The van der Waals surface area contributed by atoms with E-state index in [1.807, 2.05) is 0 Å². The molecule has 0 unspecified atom stereocenters. The van der Waals surface area contributed by atoms with Crippen molar-refractivity contribution in [3.8, 4) is 0 Å². The van der Waals surface area contributed by atoms with Crippen LogP contribution in [0, 0.1) is 0 Å². The molecule has 0 amide bonds. The van der Waals surface area contributed by atoms with Crippen molar-refractivity contribution in [1.82, 2.24) is 0 Å². The summed E-state index contributed by atoms with van der Waals surface area (Å²) in [6.07, 6.45) is -15.8. The first-order valence-electron chi connectivity index (χ1n) is 12.8. The van der Waals surface area contributed by atoms with Crippen molar-refractivity contribution in [3.63, 3.8) is 0 Å². The first kappa shape index (κ1) is 42.5. The van der Waals surface area contributed by atoms with Crippen LogP contribution >= 0.6 is 0 Å². The maximum atomic E-state index is 15.3. The molecule has 0 heterocycles. The van der Waals surface area contributed by atoms with E-state index in [1.54, 1.807) is 13.8 Å². The predicted molar refractivity (Wildman–Crippen MR) is 117 cm³/mol. The van der Waals surface area contributed by atoms with Gasteiger partial charge >= 0.3 is 240 Å². The van der Waals surface area contributed by atoms with Crippen molar-refractivity contribution in [2.45, 2.75) is 122 Å². The molecule has 0 radical (unpaired) electrons. The van der Waals surface area contributed by atoms with E-state index in [4.69, 9.17) is 0 Å². The van der Waals surface area contributed by atoms with Gasteiger partial charge in [0.25, 0.3) is 0 Å². The molecule has 0 aliphatic carbocycles. The quantitative estimate of drug-likeness (QED) is 0.0695. The molecular formula is C22H30F18O2Sn. The van der Waals surface area contributed by atoms with Crippen molar-refractivity contribution in [2.24, 2.45) is 0 Å². The Hall–Kier alpha value is -0.541. The summed E-state index contributed by atoms with van der Waals surface area (Å²) < 4.78 is 242. The van der Waals surface area contributed by atoms with Crippen molar-refractivity contribution >= 4 is 19.2 Å². The summed E-state index contributed by atoms with van der Waals surface area (Å²) in [5, 5.41) is 0. The van der Waals surface area contributed by atoms with Gasteiger partial charge in [-0.3, -0.25) is 0 Å². The minimum absolute atomic E-state index is 0.0953. The number of hydrogen-bond acceptors (Lipinski definition) is 2. The van der Waals surface area contributed by atoms with E-state index >= 15 is 17.6 Å². The number of halogens is 18. The summed E-state index contributed by atoms with van der Waals surface area (Å²) in [6, 6.07) is 0. The molecule has 43 heavy (non-hydrogen) atoms. The van der Waals surface area contributed by atoms with Gasteiger partial charge in [0, 0.05) is 0 Å². The fraction of sp³-hybridized carbons (Fsp3) is 1.00. The van der Waals surface area contributed by atoms with Crippen LogP contribution in [-0.2, 0) is 6.15 Å². The van der Waals surface area contributed by atoms with E-state index in [9.17, 15) is 61.5 Å². The molecule has 0 spiro atoms. The van der Waals surface area contributed by atoms with E-state index in [1.165, 1.54) is 0 Å². The second kappa shape index (κ2) is 14.9. The zero-order valence-electron chi connectivity index (χ0n) is 22.6. The molecule has 0 N–H and O–H groups in total. The molecule has 0 aromatic rings. The van der Waals surface area contributed by atoms with E-state index in [0.29, 0.717) is 25.7 Å². The predicted octanol–water partition coefficient (Wildman–Crippen LogP) is 10.4. The fourth-order valence-corrected chi connectivity index (χ4v) is 12.8. The Bertz CT molecular complexity index is 773. The van der Waals surface area contributed by atoms with Gasteiger partial charge in [0.1, 0.15) is 0 Å². The first-order valence-corrected chi connectivity index (χ1v) is 18.0. The Balaban J connectivity index is 7.48. The van der Waals surface area contributed by atoms with Crippen molar-refractivity contribution in [3.05, 3.63) is 0 Å². The second-order valence-electron chi connectivity index (χ2n) is 9.58. The van der Waals surface area contributed by atoms with Crippen LogP contribution < -0.4 is 0 Å². The number of rotatable bonds is 20. The van der Waals surface area contributed by atoms with E-state index in [0.717, 1.165) is 0 Å². The maximum absolute atomic E-state index is 15.3. The Morgan fingerprint density at radius 3 is 0.860 bits per heavy atom. The summed E-state index contributed by atoms with van der Waals surface area (Å²) in [7, 11) is 0. The van der Waals surface area contributed by atoms with Gasteiger partial charge in [0.05, 0.1) is 0 Å². The monoisotopic (exact) mass is 788 g/mol. The zero-order chi connectivity index (χ0) is 34.4. The number of hydrogen-bond donors (Lipinski definition) is 0. The van der Waals surface area contributed by atoms with Gasteiger partial charge in [-0.15, -0.1) is 0 Å². The summed E-state index contributed by atoms with van der Waals surface area (Å²) in [4.78, 5) is 0. The van der Waals surface area contributed by atoms with Crippen LogP contribution in [0.3, 0.4) is 0 Å². The third-order valence-electron chi connectivity index (χ3n) is 6.22. The third kappa shape index (κ3) is 8.07. The molecule has 0 aromatic carbocycles. The van der Waals surface area contributed by atoms with Crippen LogP contribution in [0.4, 0.5) is 79.0 Å². The second-order valence-corrected chi connectivity index (χ2v) is 18.3. The summed E-state index contributed by atoms with van der Waals surface area (Å²) in [5.74, 6) is -32.4. The van der Waals surface area contributed by atoms with Crippen LogP contribution in [0.5, 0.6) is 0 Å². The van der Waals surface area contributed by atoms with Crippen LogP contribution in [0.25, 0.3) is 0 Å².